The van der Waals surface area contributed by atoms with Crippen molar-refractivity contribution in [3.63, 3.8) is 0 Å². The fourth-order valence-electron chi connectivity index (χ4n) is 2.37. The van der Waals surface area contributed by atoms with Gasteiger partial charge in [-0.05, 0) is 47.9 Å². The second-order valence-corrected chi connectivity index (χ2v) is 5.79. The van der Waals surface area contributed by atoms with Crippen LogP contribution in [0.5, 0.6) is 5.75 Å². The van der Waals surface area contributed by atoms with Crippen LogP contribution in [0.1, 0.15) is 18.9 Å². The Hall–Kier alpha value is -3.22. The summed E-state index contributed by atoms with van der Waals surface area (Å²) in [4.78, 5) is 12.5. The molecule has 0 aliphatic carbocycles. The molecule has 0 aliphatic rings. The maximum absolute atomic E-state index is 13.0. The Bertz CT molecular complexity index is 876. The van der Waals surface area contributed by atoms with Gasteiger partial charge in [0.1, 0.15) is 11.6 Å². The molecule has 6 nitrogen and oxygen atoms in total. The Morgan fingerprint density at radius 2 is 1.85 bits per heavy atom. The van der Waals surface area contributed by atoms with Crippen LogP contribution < -0.4 is 10.1 Å². The predicted octanol–water partition coefficient (Wildman–Crippen LogP) is 3.98. The molecule has 0 saturated heterocycles. The summed E-state index contributed by atoms with van der Waals surface area (Å²) < 4.78 is 23.4. The number of anilines is 1. The van der Waals surface area contributed by atoms with Gasteiger partial charge < -0.3 is 10.1 Å². The maximum Gasteiger partial charge on any atom is 0.266 e. The van der Waals surface area contributed by atoms with Crippen molar-refractivity contribution < 1.29 is 18.6 Å². The largest absolute Gasteiger partial charge is 0.481 e. The first-order chi connectivity index (χ1) is 12.6. The number of ether oxygens (including phenoxy) is 1. The van der Waals surface area contributed by atoms with E-state index in [-0.39, 0.29) is 17.5 Å². The summed E-state index contributed by atoms with van der Waals surface area (Å²) in [5, 5.41) is 10.3. The molecule has 0 saturated carbocycles. The lowest BCUT2D eigenvalue weighted by Crippen LogP contribution is -2.32. The smallest absolute Gasteiger partial charge is 0.266 e. The van der Waals surface area contributed by atoms with Gasteiger partial charge in [-0.25, -0.2) is 9.02 Å². The van der Waals surface area contributed by atoms with Crippen LogP contribution in [0.3, 0.4) is 0 Å². The van der Waals surface area contributed by atoms with Gasteiger partial charge in [-0.2, -0.15) is 0 Å². The molecule has 26 heavy (non-hydrogen) atoms. The summed E-state index contributed by atoms with van der Waals surface area (Å²) in [6.07, 6.45) is -0.336. The van der Waals surface area contributed by atoms with Crippen molar-refractivity contribution in [2.45, 2.75) is 26.4 Å². The van der Waals surface area contributed by atoms with Crippen molar-refractivity contribution in [2.75, 3.05) is 5.32 Å². The van der Waals surface area contributed by atoms with E-state index in [1.807, 2.05) is 38.1 Å². The minimum absolute atomic E-state index is 0.222. The summed E-state index contributed by atoms with van der Waals surface area (Å²) in [7, 11) is 0. The average molecular weight is 355 g/mol. The van der Waals surface area contributed by atoms with Crippen molar-refractivity contribution in [3.8, 4) is 17.0 Å². The highest BCUT2D eigenvalue weighted by atomic mass is 19.1. The predicted molar refractivity (Wildman–Crippen MR) is 94.2 cm³/mol. The number of aryl methyl sites for hydroxylation is 1. The molecule has 7 heteroatoms. The van der Waals surface area contributed by atoms with Gasteiger partial charge in [0.05, 0.1) is 0 Å². The summed E-state index contributed by atoms with van der Waals surface area (Å²) in [5.41, 5.74) is 2.32. The first-order valence-corrected chi connectivity index (χ1v) is 8.19. The van der Waals surface area contributed by atoms with Gasteiger partial charge in [0, 0.05) is 5.56 Å². The van der Waals surface area contributed by atoms with E-state index in [1.165, 1.54) is 24.3 Å². The number of carbonyl (C=O) groups is 1. The average Bonchev–Trinajstić information content (AvgIpc) is 3.10. The van der Waals surface area contributed by atoms with Gasteiger partial charge >= 0.3 is 0 Å². The molecule has 0 radical (unpaired) electrons. The number of nitrogens with one attached hydrogen (secondary N) is 1. The van der Waals surface area contributed by atoms with Crippen LogP contribution in [-0.2, 0) is 4.79 Å². The lowest BCUT2D eigenvalue weighted by molar-refractivity contribution is -0.122. The first-order valence-electron chi connectivity index (χ1n) is 8.19. The second kappa shape index (κ2) is 7.77. The molecular formula is C19H18FN3O3. The number of nitrogens with zero attached hydrogens (tertiary/aromatic N) is 2. The van der Waals surface area contributed by atoms with E-state index in [0.29, 0.717) is 17.9 Å². The van der Waals surface area contributed by atoms with Gasteiger partial charge in [0.2, 0.25) is 5.82 Å². The van der Waals surface area contributed by atoms with Gasteiger partial charge in [-0.3, -0.25) is 4.79 Å². The number of hydrogen-bond donors (Lipinski definition) is 1. The van der Waals surface area contributed by atoms with Crippen LogP contribution in [0, 0.1) is 12.7 Å². The minimum atomic E-state index is -0.761. The Kier molecular flexibility index (Phi) is 5.26. The monoisotopic (exact) mass is 355 g/mol. The second-order valence-electron chi connectivity index (χ2n) is 5.79. The fourth-order valence-corrected chi connectivity index (χ4v) is 2.37. The Labute approximate surface area is 149 Å². The van der Waals surface area contributed by atoms with E-state index < -0.39 is 6.10 Å². The third-order valence-electron chi connectivity index (χ3n) is 3.81. The molecular weight excluding hydrogens is 337 g/mol. The van der Waals surface area contributed by atoms with Gasteiger partial charge in [-0.1, -0.05) is 36.8 Å². The summed E-state index contributed by atoms with van der Waals surface area (Å²) in [5.74, 6) is -0.127. The maximum atomic E-state index is 13.0. The molecule has 1 N–H and O–H groups in total. The highest BCUT2D eigenvalue weighted by Gasteiger charge is 2.22. The van der Waals surface area contributed by atoms with Gasteiger partial charge in [-0.15, -0.1) is 0 Å². The van der Waals surface area contributed by atoms with E-state index in [1.54, 1.807) is 0 Å². The number of rotatable bonds is 6. The van der Waals surface area contributed by atoms with Crippen molar-refractivity contribution in [1.29, 1.82) is 0 Å². The van der Waals surface area contributed by atoms with E-state index in [2.05, 4.69) is 15.6 Å². The van der Waals surface area contributed by atoms with E-state index >= 15 is 0 Å². The van der Waals surface area contributed by atoms with E-state index in [9.17, 15) is 9.18 Å². The van der Waals surface area contributed by atoms with Crippen molar-refractivity contribution in [2.24, 2.45) is 0 Å². The van der Waals surface area contributed by atoms with Crippen molar-refractivity contribution in [1.82, 2.24) is 10.3 Å². The van der Waals surface area contributed by atoms with Crippen LogP contribution in [0.2, 0.25) is 0 Å². The molecule has 1 atom stereocenters. The number of benzene rings is 2. The molecule has 0 fully saturated rings. The number of aromatic nitrogens is 2. The molecule has 1 heterocycles. The van der Waals surface area contributed by atoms with E-state index in [4.69, 9.17) is 9.37 Å². The lowest BCUT2D eigenvalue weighted by atomic mass is 10.1. The molecule has 0 spiro atoms. The summed E-state index contributed by atoms with van der Waals surface area (Å²) >= 11 is 0. The zero-order chi connectivity index (χ0) is 18.5. The van der Waals surface area contributed by atoms with Crippen LogP contribution in [-0.4, -0.2) is 22.3 Å². The highest BCUT2D eigenvalue weighted by Crippen LogP contribution is 2.25. The molecule has 1 aromatic heterocycles. The molecule has 134 valence electrons. The number of halogens is 1. The Morgan fingerprint density at radius 3 is 2.50 bits per heavy atom. The number of amides is 1. The topological polar surface area (TPSA) is 77.2 Å². The van der Waals surface area contributed by atoms with Crippen LogP contribution in [0.15, 0.2) is 53.2 Å². The van der Waals surface area contributed by atoms with Crippen LogP contribution in [0.25, 0.3) is 11.3 Å². The normalized spacial score (nSPS) is 11.8. The molecule has 2 aromatic carbocycles. The molecule has 3 rings (SSSR count). The van der Waals surface area contributed by atoms with Crippen molar-refractivity contribution in [3.05, 3.63) is 59.9 Å². The SMILES string of the molecule is CC[C@@H](Oc1ccc(F)cc1)C(=O)Nc1nonc1-c1ccc(C)cc1. The zero-order valence-corrected chi connectivity index (χ0v) is 14.4. The van der Waals surface area contributed by atoms with Gasteiger partial charge in [0.15, 0.2) is 11.8 Å². The lowest BCUT2D eigenvalue weighted by Gasteiger charge is -2.16. The third-order valence-corrected chi connectivity index (χ3v) is 3.81. The quantitative estimate of drug-likeness (QED) is 0.724. The third kappa shape index (κ3) is 4.05. The summed E-state index contributed by atoms with van der Waals surface area (Å²) in [6, 6.07) is 13.1. The molecule has 3 aromatic rings. The van der Waals surface area contributed by atoms with Crippen LogP contribution >= 0.6 is 0 Å². The number of hydrogen-bond acceptors (Lipinski definition) is 5. The van der Waals surface area contributed by atoms with Crippen molar-refractivity contribution >= 4 is 11.7 Å². The zero-order valence-electron chi connectivity index (χ0n) is 14.4. The van der Waals surface area contributed by atoms with Gasteiger partial charge in [0.25, 0.3) is 5.91 Å². The number of carbonyl (C=O) groups excluding carboxylic acids is 1. The Morgan fingerprint density at radius 1 is 1.15 bits per heavy atom. The van der Waals surface area contributed by atoms with E-state index in [0.717, 1.165) is 11.1 Å². The molecule has 1 amide bonds. The molecule has 0 bridgehead atoms. The fraction of sp³-hybridized carbons (Fsp3) is 0.211. The molecule has 0 unspecified atom stereocenters. The molecule has 0 aliphatic heterocycles. The minimum Gasteiger partial charge on any atom is -0.481 e. The summed E-state index contributed by atoms with van der Waals surface area (Å²) in [6.45, 7) is 3.79. The first kappa shape index (κ1) is 17.6. The standard InChI is InChI=1S/C19H18FN3O3/c1-3-16(25-15-10-8-14(20)9-11-15)19(24)21-18-17(22-26-23-18)13-6-4-12(2)5-7-13/h4-11,16H,3H2,1-2H3,(H,21,23,24)/t16-/m1/s1. The Balaban J connectivity index is 1.73. The van der Waals surface area contributed by atoms with Crippen LogP contribution in [0.4, 0.5) is 10.2 Å². The highest BCUT2D eigenvalue weighted by molar-refractivity contribution is 5.96.